The van der Waals surface area contributed by atoms with Gasteiger partial charge in [0.2, 0.25) is 0 Å². The number of likely N-dealkylation sites (N-methyl/N-ethyl adjacent to an activating group) is 1. The van der Waals surface area contributed by atoms with Crippen LogP contribution in [0.15, 0.2) is 42.5 Å². The van der Waals surface area contributed by atoms with Crippen LogP contribution in [0.25, 0.3) is 22.7 Å². The van der Waals surface area contributed by atoms with Crippen LogP contribution in [-0.4, -0.2) is 22.4 Å². The van der Waals surface area contributed by atoms with Crippen LogP contribution in [0.4, 0.5) is 5.69 Å². The van der Waals surface area contributed by atoms with Crippen molar-refractivity contribution in [3.63, 3.8) is 0 Å². The van der Waals surface area contributed by atoms with Crippen molar-refractivity contribution in [3.05, 3.63) is 58.9 Å². The van der Waals surface area contributed by atoms with Gasteiger partial charge in [0.1, 0.15) is 5.82 Å². The van der Waals surface area contributed by atoms with Gasteiger partial charge in [0, 0.05) is 17.1 Å². The summed E-state index contributed by atoms with van der Waals surface area (Å²) < 4.78 is 0. The van der Waals surface area contributed by atoms with Crippen LogP contribution in [0.5, 0.6) is 0 Å². The first kappa shape index (κ1) is 14.0. The number of carbonyl (C=O) groups is 1. The number of aromatic nitrogens is 2. The average Bonchev–Trinajstić information content (AvgIpc) is 3.07. The number of para-hydroxylation sites is 2. The van der Waals surface area contributed by atoms with Crippen LogP contribution < -0.4 is 4.90 Å². The number of hydrogen-bond acceptors (Lipinski definition) is 2. The van der Waals surface area contributed by atoms with E-state index >= 15 is 0 Å². The highest BCUT2D eigenvalue weighted by Gasteiger charge is 2.31. The van der Waals surface area contributed by atoms with E-state index in [1.165, 1.54) is 0 Å². The minimum atomic E-state index is -0.0229. The minimum Gasteiger partial charge on any atom is -0.338 e. The lowest BCUT2D eigenvalue weighted by Gasteiger charge is -2.13. The molecule has 0 spiro atoms. The molecule has 3 aromatic rings. The van der Waals surface area contributed by atoms with Crippen LogP contribution >= 0.6 is 11.6 Å². The molecule has 1 aromatic heterocycles. The summed E-state index contributed by atoms with van der Waals surface area (Å²) in [5, 5.41) is 0.616. The highest BCUT2D eigenvalue weighted by Crippen LogP contribution is 2.38. The smallest absolute Gasteiger partial charge is 0.259 e. The predicted octanol–water partition coefficient (Wildman–Crippen LogP) is 4.12. The number of fused-ring (bicyclic) bond motifs is 2. The SMILES string of the molecule is CCN1C(=O)C(=Cc2nc3ccccc3[nH]2)c2cc(Cl)ccc21. The minimum absolute atomic E-state index is 0.0229. The molecule has 1 aliphatic heterocycles. The number of hydrogen-bond donors (Lipinski definition) is 1. The Labute approximate surface area is 138 Å². The Morgan fingerprint density at radius 1 is 1.26 bits per heavy atom. The Hall–Kier alpha value is -2.59. The topological polar surface area (TPSA) is 49.0 Å². The molecular formula is C18H14ClN3O. The Kier molecular flexibility index (Phi) is 3.20. The second-order valence-corrected chi connectivity index (χ2v) is 5.84. The molecule has 1 amide bonds. The van der Waals surface area contributed by atoms with Crippen molar-refractivity contribution < 1.29 is 4.79 Å². The van der Waals surface area contributed by atoms with E-state index in [4.69, 9.17) is 11.6 Å². The van der Waals surface area contributed by atoms with Gasteiger partial charge in [0.25, 0.3) is 5.91 Å². The highest BCUT2D eigenvalue weighted by molar-refractivity contribution is 6.37. The van der Waals surface area contributed by atoms with Crippen molar-refractivity contribution in [2.24, 2.45) is 0 Å². The lowest BCUT2D eigenvalue weighted by molar-refractivity contribution is -0.112. The van der Waals surface area contributed by atoms with Gasteiger partial charge in [-0.25, -0.2) is 4.98 Å². The zero-order valence-corrected chi connectivity index (χ0v) is 13.3. The van der Waals surface area contributed by atoms with E-state index in [9.17, 15) is 4.79 Å². The van der Waals surface area contributed by atoms with Crippen molar-refractivity contribution in [2.75, 3.05) is 11.4 Å². The van der Waals surface area contributed by atoms with Gasteiger partial charge in [0.15, 0.2) is 0 Å². The summed E-state index contributed by atoms with van der Waals surface area (Å²) in [6, 6.07) is 13.3. The highest BCUT2D eigenvalue weighted by atomic mass is 35.5. The van der Waals surface area contributed by atoms with Gasteiger partial charge in [-0.15, -0.1) is 0 Å². The maximum absolute atomic E-state index is 12.7. The molecule has 23 heavy (non-hydrogen) atoms. The summed E-state index contributed by atoms with van der Waals surface area (Å²) in [7, 11) is 0. The normalized spacial score (nSPS) is 15.7. The van der Waals surface area contributed by atoms with E-state index in [0.717, 1.165) is 22.3 Å². The number of H-pyrrole nitrogens is 1. The fraction of sp³-hybridized carbons (Fsp3) is 0.111. The van der Waals surface area contributed by atoms with Gasteiger partial charge < -0.3 is 9.88 Å². The number of aromatic amines is 1. The fourth-order valence-electron chi connectivity index (χ4n) is 2.96. The second kappa shape index (κ2) is 5.25. The van der Waals surface area contributed by atoms with E-state index in [0.29, 0.717) is 23.0 Å². The molecule has 2 heterocycles. The summed E-state index contributed by atoms with van der Waals surface area (Å²) in [6.45, 7) is 2.57. The first-order valence-electron chi connectivity index (χ1n) is 7.45. The van der Waals surface area contributed by atoms with Gasteiger partial charge in [-0.1, -0.05) is 23.7 Å². The molecule has 4 nitrogen and oxygen atoms in total. The lowest BCUT2D eigenvalue weighted by atomic mass is 10.1. The number of carbonyl (C=O) groups excluding carboxylic acids is 1. The van der Waals surface area contributed by atoms with Gasteiger partial charge in [0.05, 0.1) is 22.3 Å². The number of nitrogens with one attached hydrogen (secondary N) is 1. The van der Waals surface area contributed by atoms with Crippen LogP contribution in [0, 0.1) is 0 Å². The first-order chi connectivity index (χ1) is 11.2. The van der Waals surface area contributed by atoms with Crippen molar-refractivity contribution >= 4 is 45.9 Å². The summed E-state index contributed by atoms with van der Waals surface area (Å²) in [6.07, 6.45) is 1.80. The molecule has 0 aliphatic carbocycles. The largest absolute Gasteiger partial charge is 0.338 e. The quantitative estimate of drug-likeness (QED) is 0.721. The van der Waals surface area contributed by atoms with Crippen molar-refractivity contribution in [1.29, 1.82) is 0 Å². The Morgan fingerprint density at radius 2 is 2.09 bits per heavy atom. The maximum Gasteiger partial charge on any atom is 0.259 e. The van der Waals surface area contributed by atoms with Crippen LogP contribution in [0.3, 0.4) is 0 Å². The van der Waals surface area contributed by atoms with Crippen LogP contribution in [0.2, 0.25) is 5.02 Å². The molecule has 4 rings (SSSR count). The van der Waals surface area contributed by atoms with E-state index in [2.05, 4.69) is 9.97 Å². The van der Waals surface area contributed by atoms with Gasteiger partial charge in [-0.3, -0.25) is 4.79 Å². The molecule has 0 atom stereocenters. The molecule has 0 saturated carbocycles. The summed E-state index contributed by atoms with van der Waals surface area (Å²) in [5.74, 6) is 0.642. The second-order valence-electron chi connectivity index (χ2n) is 5.41. The summed E-state index contributed by atoms with van der Waals surface area (Å²) in [5.41, 5.74) is 4.18. The standard InChI is InChI=1S/C18H14ClN3O/c1-2-22-16-8-7-11(19)9-12(16)13(18(22)23)10-17-20-14-5-3-4-6-15(14)21-17/h3-10H,2H2,1H3,(H,20,21). The summed E-state index contributed by atoms with van der Waals surface area (Å²) in [4.78, 5) is 22.2. The predicted molar refractivity (Wildman–Crippen MR) is 93.4 cm³/mol. The third-order valence-corrected chi connectivity index (χ3v) is 4.26. The molecule has 0 fully saturated rings. The molecule has 5 heteroatoms. The molecular weight excluding hydrogens is 310 g/mol. The summed E-state index contributed by atoms with van der Waals surface area (Å²) >= 11 is 6.11. The number of benzene rings is 2. The zero-order chi connectivity index (χ0) is 16.0. The van der Waals surface area contributed by atoms with E-state index in [1.54, 1.807) is 17.0 Å². The fourth-order valence-corrected chi connectivity index (χ4v) is 3.13. The van der Waals surface area contributed by atoms with Gasteiger partial charge in [-0.2, -0.15) is 0 Å². The number of nitrogens with zero attached hydrogens (tertiary/aromatic N) is 2. The third kappa shape index (κ3) is 2.23. The number of halogens is 1. The van der Waals surface area contributed by atoms with Gasteiger partial charge >= 0.3 is 0 Å². The Balaban J connectivity index is 1.87. The van der Waals surface area contributed by atoms with Crippen molar-refractivity contribution in [2.45, 2.75) is 6.92 Å². The number of imidazole rings is 1. The first-order valence-corrected chi connectivity index (χ1v) is 7.83. The molecule has 0 bridgehead atoms. The number of rotatable bonds is 2. The average molecular weight is 324 g/mol. The van der Waals surface area contributed by atoms with Crippen LogP contribution in [-0.2, 0) is 4.79 Å². The van der Waals surface area contributed by atoms with Crippen LogP contribution in [0.1, 0.15) is 18.3 Å². The van der Waals surface area contributed by atoms with E-state index in [1.807, 2.05) is 43.3 Å². The molecule has 114 valence electrons. The maximum atomic E-state index is 12.7. The molecule has 1 aliphatic rings. The monoisotopic (exact) mass is 323 g/mol. The number of anilines is 1. The molecule has 0 radical (unpaired) electrons. The molecule has 1 N–H and O–H groups in total. The lowest BCUT2D eigenvalue weighted by Crippen LogP contribution is -2.25. The Morgan fingerprint density at radius 3 is 2.87 bits per heavy atom. The molecule has 0 unspecified atom stereocenters. The van der Waals surface area contributed by atoms with Crippen molar-refractivity contribution in [3.8, 4) is 0 Å². The zero-order valence-electron chi connectivity index (χ0n) is 12.5. The van der Waals surface area contributed by atoms with Gasteiger partial charge in [-0.05, 0) is 43.3 Å². The molecule has 0 saturated heterocycles. The number of amides is 1. The van der Waals surface area contributed by atoms with E-state index < -0.39 is 0 Å². The van der Waals surface area contributed by atoms with E-state index in [-0.39, 0.29) is 5.91 Å². The third-order valence-electron chi connectivity index (χ3n) is 4.02. The van der Waals surface area contributed by atoms with Crippen molar-refractivity contribution in [1.82, 2.24) is 9.97 Å². The Bertz CT molecular complexity index is 925. The molecule has 2 aromatic carbocycles.